The van der Waals surface area contributed by atoms with Crippen molar-refractivity contribution >= 4 is 5.91 Å². The van der Waals surface area contributed by atoms with Gasteiger partial charge < -0.3 is 10.2 Å². The summed E-state index contributed by atoms with van der Waals surface area (Å²) >= 11 is 0. The topological polar surface area (TPSA) is 38.8 Å². The average Bonchev–Trinajstić information content (AvgIpc) is 2.60. The maximum atomic E-state index is 11.5. The minimum absolute atomic E-state index is 0. The third-order valence-electron chi connectivity index (χ3n) is 6.83. The van der Waals surface area contributed by atoms with Crippen molar-refractivity contribution in [3.63, 3.8) is 0 Å². The molecule has 0 aromatic carbocycles. The van der Waals surface area contributed by atoms with Gasteiger partial charge in [-0.1, -0.05) is 6.92 Å². The van der Waals surface area contributed by atoms with E-state index in [1.807, 2.05) is 6.92 Å². The maximum absolute atomic E-state index is 11.5. The number of piperazine rings is 1. The molecule has 2 aliphatic heterocycles. The van der Waals surface area contributed by atoms with E-state index in [9.17, 15) is 4.79 Å². The zero-order valence-corrected chi connectivity index (χ0v) is 16.6. The molecule has 3 fully saturated rings. The molecule has 0 aromatic rings. The minimum atomic E-state index is 0. The number of rotatable bonds is 6. The lowest BCUT2D eigenvalue weighted by Crippen LogP contribution is -2.55. The number of carbonyl (C=O) groups excluding carboxylic acids is 1. The van der Waals surface area contributed by atoms with Gasteiger partial charge in [0.2, 0.25) is 5.91 Å². The molecule has 2 heterocycles. The lowest BCUT2D eigenvalue weighted by Gasteiger charge is -2.52. The van der Waals surface area contributed by atoms with Gasteiger partial charge in [-0.3, -0.25) is 14.6 Å². The summed E-state index contributed by atoms with van der Waals surface area (Å²) in [7, 11) is 0. The van der Waals surface area contributed by atoms with Gasteiger partial charge in [0.1, 0.15) is 0 Å². The van der Waals surface area contributed by atoms with Crippen LogP contribution < -0.4 is 5.32 Å². The Morgan fingerprint density at radius 1 is 1.04 bits per heavy atom. The van der Waals surface area contributed by atoms with Crippen LogP contribution in [0.2, 0.25) is 0 Å². The van der Waals surface area contributed by atoms with E-state index < -0.39 is 0 Å². The number of likely N-dealkylation sites (tertiary alicyclic amines) is 1. The second kappa shape index (κ2) is 8.36. The number of nitrogens with zero attached hydrogens (tertiary/aromatic N) is 3. The highest BCUT2D eigenvalue weighted by atomic mass is 16.1. The van der Waals surface area contributed by atoms with Crippen LogP contribution in [0.4, 0.5) is 0 Å². The summed E-state index contributed by atoms with van der Waals surface area (Å²) in [4.78, 5) is 19.4. The van der Waals surface area contributed by atoms with Gasteiger partial charge in [0, 0.05) is 59.2 Å². The van der Waals surface area contributed by atoms with Crippen molar-refractivity contribution in [1.82, 2.24) is 20.0 Å². The lowest BCUT2D eigenvalue weighted by molar-refractivity contribution is -0.123. The van der Waals surface area contributed by atoms with Crippen molar-refractivity contribution in [2.45, 2.75) is 65.0 Å². The number of hydrogen-bond acceptors (Lipinski definition) is 4. The average molecular weight is 353 g/mol. The Bertz CT molecular complexity index is 435. The first-order valence-corrected chi connectivity index (χ1v) is 10.5. The molecule has 2 saturated heterocycles. The largest absolute Gasteiger partial charge is 0.353 e. The normalized spacial score (nSPS) is 26.1. The molecule has 0 bridgehead atoms. The van der Waals surface area contributed by atoms with Crippen molar-refractivity contribution in [2.24, 2.45) is 5.41 Å². The van der Waals surface area contributed by atoms with Crippen LogP contribution in [0, 0.1) is 5.41 Å². The van der Waals surface area contributed by atoms with E-state index in [-0.39, 0.29) is 7.33 Å². The van der Waals surface area contributed by atoms with Gasteiger partial charge in [0.05, 0.1) is 0 Å². The Balaban J connectivity index is 0.00000243. The summed E-state index contributed by atoms with van der Waals surface area (Å²) in [5.41, 5.74) is 0.547. The molecule has 1 spiro atoms. The van der Waals surface area contributed by atoms with E-state index in [1.54, 1.807) is 0 Å². The molecule has 1 aliphatic carbocycles. The molecule has 3 rings (SSSR count). The molecule has 5 nitrogen and oxygen atoms in total. The Morgan fingerprint density at radius 2 is 1.60 bits per heavy atom. The number of piperidine rings is 1. The maximum Gasteiger partial charge on any atom is 0.219 e. The zero-order valence-electron chi connectivity index (χ0n) is 16.6. The molecule has 1 amide bonds. The summed E-state index contributed by atoms with van der Waals surface area (Å²) in [5.74, 6) is 0.217. The second-order valence-electron chi connectivity index (χ2n) is 8.84. The molecule has 146 valence electrons. The van der Waals surface area contributed by atoms with Crippen molar-refractivity contribution in [2.75, 3.05) is 52.4 Å². The van der Waals surface area contributed by atoms with Gasteiger partial charge in [-0.05, 0) is 58.0 Å². The zero-order chi connectivity index (χ0) is 17.9. The van der Waals surface area contributed by atoms with Gasteiger partial charge in [-0.15, -0.1) is 0 Å². The van der Waals surface area contributed by atoms with E-state index in [0.29, 0.717) is 23.9 Å². The van der Waals surface area contributed by atoms with Crippen LogP contribution in [-0.4, -0.2) is 85.0 Å². The van der Waals surface area contributed by atoms with Crippen molar-refractivity contribution in [3.05, 3.63) is 0 Å². The van der Waals surface area contributed by atoms with Crippen molar-refractivity contribution in [3.8, 4) is 0 Å². The van der Waals surface area contributed by atoms with Gasteiger partial charge in [0.15, 0.2) is 0 Å². The number of carbonyl (C=O) groups is 1. The highest BCUT2D eigenvalue weighted by molar-refractivity contribution is 5.75. The molecule has 0 radical (unpaired) electrons. The fourth-order valence-corrected chi connectivity index (χ4v) is 4.86. The van der Waals surface area contributed by atoms with Gasteiger partial charge in [0.25, 0.3) is 0 Å². The quantitative estimate of drug-likeness (QED) is 0.794. The van der Waals surface area contributed by atoms with Crippen LogP contribution >= 0.6 is 0 Å². The van der Waals surface area contributed by atoms with Crippen LogP contribution in [0.3, 0.4) is 0 Å². The summed E-state index contributed by atoms with van der Waals surface area (Å²) in [5, 5.41) is 3.17. The fraction of sp³-hybridized carbons (Fsp3) is 0.950. The molecule has 0 atom stereocenters. The Labute approximate surface area is 155 Å². The van der Waals surface area contributed by atoms with E-state index in [0.717, 1.165) is 0 Å². The summed E-state index contributed by atoms with van der Waals surface area (Å²) < 4.78 is 0. The smallest absolute Gasteiger partial charge is 0.219 e. The van der Waals surface area contributed by atoms with Crippen LogP contribution in [-0.2, 0) is 4.79 Å². The summed E-state index contributed by atoms with van der Waals surface area (Å²) in [6, 6.07) is 1.14. The first kappa shape index (κ1) is 19.1. The van der Waals surface area contributed by atoms with Gasteiger partial charge in [-0.25, -0.2) is 0 Å². The Hall–Kier alpha value is -0.650. The molecule has 5 heteroatoms. The van der Waals surface area contributed by atoms with Gasteiger partial charge in [-0.2, -0.15) is 0 Å². The predicted molar refractivity (Wildman–Crippen MR) is 105 cm³/mol. The van der Waals surface area contributed by atoms with Crippen LogP contribution in [0.1, 0.15) is 54.3 Å². The fourth-order valence-electron chi connectivity index (χ4n) is 4.86. The first-order valence-electron chi connectivity index (χ1n) is 10.5. The Kier molecular flexibility index (Phi) is 6.39. The highest BCUT2D eigenvalue weighted by Gasteiger charge is 2.46. The van der Waals surface area contributed by atoms with E-state index >= 15 is 0 Å². The number of amides is 1. The second-order valence-corrected chi connectivity index (χ2v) is 8.84. The van der Waals surface area contributed by atoms with E-state index in [4.69, 9.17) is 0 Å². The molecular formula is C20H40N4O. The first-order chi connectivity index (χ1) is 12.0. The number of hydrogen-bond donors (Lipinski definition) is 1. The van der Waals surface area contributed by atoms with Crippen LogP contribution in [0.5, 0.6) is 0 Å². The molecular weight excluding hydrogens is 312 g/mol. The number of nitrogens with one attached hydrogen (secondary N) is 1. The third kappa shape index (κ3) is 4.95. The summed E-state index contributed by atoms with van der Waals surface area (Å²) in [6.07, 6.45) is 5.69. The summed E-state index contributed by atoms with van der Waals surface area (Å²) in [6.45, 7) is 16.4. The highest BCUT2D eigenvalue weighted by Crippen LogP contribution is 2.49. The molecule has 0 unspecified atom stereocenters. The molecule has 1 saturated carbocycles. The van der Waals surface area contributed by atoms with Crippen LogP contribution in [0.25, 0.3) is 0 Å². The van der Waals surface area contributed by atoms with E-state index in [2.05, 4.69) is 33.9 Å². The van der Waals surface area contributed by atoms with Crippen LogP contribution in [0.15, 0.2) is 0 Å². The molecule has 3 aliphatic rings. The van der Waals surface area contributed by atoms with Gasteiger partial charge >= 0.3 is 0 Å². The van der Waals surface area contributed by atoms with Crippen molar-refractivity contribution in [1.29, 1.82) is 0 Å². The lowest BCUT2D eigenvalue weighted by atomic mass is 9.60. The predicted octanol–water partition coefficient (Wildman–Crippen LogP) is 2.03. The molecule has 0 aromatic heterocycles. The third-order valence-corrected chi connectivity index (χ3v) is 6.83. The molecule has 1 N–H and O–H groups in total. The monoisotopic (exact) mass is 352 g/mol. The standard InChI is InChI=1S/C20H38N4O.H2/c1-4-19(25)21-18-15-20(16-18)5-7-22(8-6-20)9-10-23-11-13-24(14-12-23)17(2)3;/h17-18H,4-16H2,1-3H3,(H,21,25);1H. The Morgan fingerprint density at radius 3 is 2.12 bits per heavy atom. The molecule has 25 heavy (non-hydrogen) atoms. The SMILES string of the molecule is CCC(=O)NC1CC2(CCN(CCN3CCN(C(C)C)CC3)CC2)C1.[HH]. The van der Waals surface area contributed by atoms with E-state index in [1.165, 1.54) is 78.0 Å². The van der Waals surface area contributed by atoms with Crippen molar-refractivity contribution < 1.29 is 6.22 Å². The minimum Gasteiger partial charge on any atom is -0.353 e.